The highest BCUT2D eigenvalue weighted by molar-refractivity contribution is 14.0. The van der Waals surface area contributed by atoms with Crippen molar-refractivity contribution in [2.24, 2.45) is 10.7 Å². The van der Waals surface area contributed by atoms with E-state index in [1.54, 1.807) is 11.3 Å². The van der Waals surface area contributed by atoms with Crippen molar-refractivity contribution in [3.05, 3.63) is 45.9 Å². The SMILES string of the molecule is Cc1nc(CCN=C(N)Nc2ccccc2)sc1C.I. The summed E-state index contributed by atoms with van der Waals surface area (Å²) in [4.78, 5) is 10.1. The van der Waals surface area contributed by atoms with Crippen LogP contribution in [0.3, 0.4) is 0 Å². The molecule has 2 aromatic rings. The lowest BCUT2D eigenvalue weighted by atomic mass is 10.3. The van der Waals surface area contributed by atoms with Gasteiger partial charge in [-0.05, 0) is 26.0 Å². The number of aromatic nitrogens is 1. The first-order chi connectivity index (χ1) is 9.15. The third-order valence-corrected chi connectivity index (χ3v) is 3.86. The van der Waals surface area contributed by atoms with E-state index in [1.807, 2.05) is 37.3 Å². The van der Waals surface area contributed by atoms with E-state index in [0.29, 0.717) is 12.5 Å². The fourth-order valence-electron chi connectivity index (χ4n) is 1.63. The van der Waals surface area contributed by atoms with Crippen molar-refractivity contribution in [3.63, 3.8) is 0 Å². The van der Waals surface area contributed by atoms with Crippen LogP contribution in [-0.2, 0) is 6.42 Å². The molecule has 108 valence electrons. The molecule has 0 aliphatic carbocycles. The highest BCUT2D eigenvalue weighted by Gasteiger charge is 2.02. The number of anilines is 1. The second-order valence-corrected chi connectivity index (χ2v) is 5.54. The second-order valence-electron chi connectivity index (χ2n) is 4.26. The first-order valence-corrected chi connectivity index (χ1v) is 7.01. The zero-order chi connectivity index (χ0) is 13.7. The molecule has 0 atom stereocenters. The zero-order valence-corrected chi connectivity index (χ0v) is 14.7. The van der Waals surface area contributed by atoms with Gasteiger partial charge in [-0.25, -0.2) is 4.98 Å². The molecule has 0 aliphatic rings. The summed E-state index contributed by atoms with van der Waals surface area (Å²) in [6.07, 6.45) is 0.830. The summed E-state index contributed by atoms with van der Waals surface area (Å²) in [6, 6.07) is 9.78. The Bertz CT molecular complexity index is 546. The Kier molecular flexibility index (Phi) is 6.94. The first-order valence-electron chi connectivity index (χ1n) is 6.20. The van der Waals surface area contributed by atoms with Gasteiger partial charge in [0.05, 0.1) is 10.7 Å². The third kappa shape index (κ3) is 5.09. The molecule has 6 heteroatoms. The van der Waals surface area contributed by atoms with Gasteiger partial charge in [-0.1, -0.05) is 18.2 Å². The van der Waals surface area contributed by atoms with Crippen LogP contribution in [0.1, 0.15) is 15.6 Å². The Balaban J connectivity index is 0.00000200. The molecule has 0 radical (unpaired) electrons. The monoisotopic (exact) mass is 402 g/mol. The topological polar surface area (TPSA) is 63.3 Å². The van der Waals surface area contributed by atoms with Crippen molar-refractivity contribution in [2.75, 3.05) is 11.9 Å². The smallest absolute Gasteiger partial charge is 0.193 e. The molecule has 3 N–H and O–H groups in total. The molecule has 20 heavy (non-hydrogen) atoms. The maximum absolute atomic E-state index is 5.83. The number of nitrogens with zero attached hydrogens (tertiary/aromatic N) is 2. The minimum absolute atomic E-state index is 0. The van der Waals surface area contributed by atoms with Gasteiger partial charge in [0.1, 0.15) is 0 Å². The average Bonchev–Trinajstić information content (AvgIpc) is 2.70. The van der Waals surface area contributed by atoms with E-state index in [9.17, 15) is 0 Å². The van der Waals surface area contributed by atoms with Crippen LogP contribution in [-0.4, -0.2) is 17.5 Å². The molecule has 0 bridgehead atoms. The Morgan fingerprint density at radius 3 is 2.60 bits per heavy atom. The largest absolute Gasteiger partial charge is 0.370 e. The van der Waals surface area contributed by atoms with Crippen LogP contribution in [0.4, 0.5) is 5.69 Å². The highest BCUT2D eigenvalue weighted by atomic mass is 127. The fraction of sp³-hybridized carbons (Fsp3) is 0.286. The minimum atomic E-state index is 0. The Morgan fingerprint density at radius 1 is 1.30 bits per heavy atom. The molecule has 0 saturated heterocycles. The molecular weight excluding hydrogens is 383 g/mol. The maximum atomic E-state index is 5.83. The molecule has 0 unspecified atom stereocenters. The number of aliphatic imine (C=N–C) groups is 1. The number of nitrogens with one attached hydrogen (secondary N) is 1. The molecule has 0 amide bonds. The van der Waals surface area contributed by atoms with Crippen molar-refractivity contribution in [1.82, 2.24) is 4.98 Å². The average molecular weight is 402 g/mol. The van der Waals surface area contributed by atoms with E-state index >= 15 is 0 Å². The van der Waals surface area contributed by atoms with Crippen LogP contribution in [0.25, 0.3) is 0 Å². The fourth-order valence-corrected chi connectivity index (χ4v) is 2.55. The summed E-state index contributed by atoms with van der Waals surface area (Å²) in [7, 11) is 0. The predicted octanol–water partition coefficient (Wildman–Crippen LogP) is 3.35. The summed E-state index contributed by atoms with van der Waals surface area (Å²) in [5.41, 5.74) is 7.89. The van der Waals surface area contributed by atoms with Crippen molar-refractivity contribution < 1.29 is 0 Å². The molecule has 1 heterocycles. The van der Waals surface area contributed by atoms with Crippen LogP contribution < -0.4 is 11.1 Å². The van der Waals surface area contributed by atoms with E-state index in [1.165, 1.54) is 4.88 Å². The van der Waals surface area contributed by atoms with E-state index in [4.69, 9.17) is 5.73 Å². The number of benzene rings is 1. The number of rotatable bonds is 4. The maximum Gasteiger partial charge on any atom is 0.193 e. The predicted molar refractivity (Wildman–Crippen MR) is 97.3 cm³/mol. The lowest BCUT2D eigenvalue weighted by Gasteiger charge is -2.04. The summed E-state index contributed by atoms with van der Waals surface area (Å²) < 4.78 is 0. The Hall–Kier alpha value is -1.15. The van der Waals surface area contributed by atoms with Gasteiger partial charge in [-0.3, -0.25) is 4.99 Å². The Labute approximate surface area is 140 Å². The van der Waals surface area contributed by atoms with Crippen molar-refractivity contribution in [1.29, 1.82) is 0 Å². The summed E-state index contributed by atoms with van der Waals surface area (Å²) >= 11 is 1.73. The lowest BCUT2D eigenvalue weighted by Crippen LogP contribution is -2.22. The van der Waals surface area contributed by atoms with Gasteiger partial charge >= 0.3 is 0 Å². The van der Waals surface area contributed by atoms with Crippen LogP contribution in [0.2, 0.25) is 0 Å². The molecular formula is C14H19IN4S. The molecule has 1 aromatic heterocycles. The van der Waals surface area contributed by atoms with Gasteiger partial charge in [0.2, 0.25) is 0 Å². The number of nitrogens with two attached hydrogens (primary N) is 1. The number of aryl methyl sites for hydroxylation is 2. The van der Waals surface area contributed by atoms with Crippen molar-refractivity contribution in [3.8, 4) is 0 Å². The summed E-state index contributed by atoms with van der Waals surface area (Å²) in [6.45, 7) is 4.77. The van der Waals surface area contributed by atoms with E-state index < -0.39 is 0 Å². The number of hydrogen-bond acceptors (Lipinski definition) is 3. The van der Waals surface area contributed by atoms with E-state index in [-0.39, 0.29) is 24.0 Å². The zero-order valence-electron chi connectivity index (χ0n) is 11.6. The number of guanidine groups is 1. The molecule has 0 saturated carbocycles. The molecule has 1 aromatic carbocycles. The third-order valence-electron chi connectivity index (χ3n) is 2.73. The quantitative estimate of drug-likeness (QED) is 0.469. The number of para-hydroxylation sites is 1. The van der Waals surface area contributed by atoms with Gasteiger partial charge in [0, 0.05) is 23.5 Å². The van der Waals surface area contributed by atoms with Gasteiger partial charge in [0.25, 0.3) is 0 Å². The van der Waals surface area contributed by atoms with Crippen LogP contribution in [0, 0.1) is 13.8 Å². The number of thiazole rings is 1. The second kappa shape index (κ2) is 8.21. The van der Waals surface area contributed by atoms with E-state index in [2.05, 4.69) is 22.2 Å². The van der Waals surface area contributed by atoms with Crippen LogP contribution in [0.5, 0.6) is 0 Å². The number of hydrogen-bond donors (Lipinski definition) is 2. The summed E-state index contributed by atoms with van der Waals surface area (Å²) in [5, 5.41) is 4.17. The number of halogens is 1. The first kappa shape index (κ1) is 16.9. The van der Waals surface area contributed by atoms with Crippen molar-refractivity contribution >= 4 is 47.0 Å². The van der Waals surface area contributed by atoms with Crippen molar-refractivity contribution in [2.45, 2.75) is 20.3 Å². The molecule has 0 spiro atoms. The van der Waals surface area contributed by atoms with E-state index in [0.717, 1.165) is 22.8 Å². The summed E-state index contributed by atoms with van der Waals surface area (Å²) in [5.74, 6) is 0.441. The van der Waals surface area contributed by atoms with Gasteiger partial charge in [-0.15, -0.1) is 35.3 Å². The van der Waals surface area contributed by atoms with Gasteiger partial charge < -0.3 is 11.1 Å². The minimum Gasteiger partial charge on any atom is -0.370 e. The molecule has 0 aliphatic heterocycles. The van der Waals surface area contributed by atoms with Gasteiger partial charge in [0.15, 0.2) is 5.96 Å². The molecule has 4 nitrogen and oxygen atoms in total. The molecule has 0 fully saturated rings. The lowest BCUT2D eigenvalue weighted by molar-refractivity contribution is 0.941. The van der Waals surface area contributed by atoms with Gasteiger partial charge in [-0.2, -0.15) is 0 Å². The standard InChI is InChI=1S/C14H18N4S.HI/c1-10-11(2)19-13(17-10)8-9-16-14(15)18-12-6-4-3-5-7-12;/h3-7H,8-9H2,1-2H3,(H3,15,16,18);1H. The van der Waals surface area contributed by atoms with Crippen LogP contribution in [0.15, 0.2) is 35.3 Å². The molecule has 2 rings (SSSR count). The normalized spacial score (nSPS) is 11.0. The Morgan fingerprint density at radius 2 is 2.00 bits per heavy atom. The highest BCUT2D eigenvalue weighted by Crippen LogP contribution is 2.16. The van der Waals surface area contributed by atoms with Crippen LogP contribution >= 0.6 is 35.3 Å².